The van der Waals surface area contributed by atoms with Gasteiger partial charge in [0.2, 0.25) is 0 Å². The van der Waals surface area contributed by atoms with E-state index >= 15 is 0 Å². The topological polar surface area (TPSA) is 30.7 Å². The number of rotatable bonds is 1. The summed E-state index contributed by atoms with van der Waals surface area (Å²) in [4.78, 5) is 8.92. The van der Waals surface area contributed by atoms with Gasteiger partial charge in [-0.1, -0.05) is 32.1 Å². The van der Waals surface area contributed by atoms with Gasteiger partial charge in [0.1, 0.15) is 5.52 Å². The van der Waals surface area contributed by atoms with Gasteiger partial charge in [-0.2, -0.15) is 0 Å². The minimum atomic E-state index is 0.607. The first-order valence-electron chi connectivity index (χ1n) is 6.73. The molecule has 0 unspecified atom stereocenters. The van der Waals surface area contributed by atoms with Crippen LogP contribution < -0.4 is 0 Å². The van der Waals surface area contributed by atoms with Crippen LogP contribution in [0.25, 0.3) is 11.2 Å². The van der Waals surface area contributed by atoms with Crippen molar-refractivity contribution in [1.82, 2.24) is 14.5 Å². The minimum absolute atomic E-state index is 0.607. The quantitative estimate of drug-likeness (QED) is 0.746. The van der Waals surface area contributed by atoms with Crippen molar-refractivity contribution in [1.29, 1.82) is 0 Å². The van der Waals surface area contributed by atoms with E-state index in [2.05, 4.69) is 14.5 Å². The smallest absolute Gasteiger partial charge is 0.160 e. The largest absolute Gasteiger partial charge is 0.312 e. The summed E-state index contributed by atoms with van der Waals surface area (Å²) in [6, 6.07) is 4.61. The number of fused-ring (bicyclic) bond motifs is 1. The van der Waals surface area contributed by atoms with Crippen LogP contribution >= 0.6 is 0 Å². The van der Waals surface area contributed by atoms with E-state index in [1.165, 1.54) is 44.9 Å². The van der Waals surface area contributed by atoms with Crippen molar-refractivity contribution >= 4 is 11.2 Å². The maximum absolute atomic E-state index is 4.47. The zero-order chi connectivity index (χ0) is 11.5. The lowest BCUT2D eigenvalue weighted by atomic mass is 9.96. The molecule has 3 heteroatoms. The highest BCUT2D eigenvalue weighted by molar-refractivity contribution is 5.70. The third-order valence-corrected chi connectivity index (χ3v) is 3.80. The lowest BCUT2D eigenvalue weighted by Crippen LogP contribution is -2.10. The van der Waals surface area contributed by atoms with Crippen LogP contribution in [0.3, 0.4) is 0 Å². The molecule has 1 aliphatic rings. The van der Waals surface area contributed by atoms with Gasteiger partial charge in [-0.25, -0.2) is 9.97 Å². The third kappa shape index (κ3) is 2.19. The Kier molecular flexibility index (Phi) is 3.08. The van der Waals surface area contributed by atoms with Crippen molar-refractivity contribution in [3.8, 4) is 0 Å². The van der Waals surface area contributed by atoms with Crippen molar-refractivity contribution in [3.63, 3.8) is 0 Å². The Morgan fingerprint density at radius 2 is 1.76 bits per heavy atom. The summed E-state index contributed by atoms with van der Waals surface area (Å²) in [5.74, 6) is 0. The molecule has 1 aliphatic carbocycles. The van der Waals surface area contributed by atoms with Gasteiger partial charge in [-0.3, -0.25) is 0 Å². The van der Waals surface area contributed by atoms with Crippen molar-refractivity contribution in [2.24, 2.45) is 0 Å². The van der Waals surface area contributed by atoms with Gasteiger partial charge in [-0.15, -0.1) is 0 Å². The molecule has 0 bridgehead atoms. The lowest BCUT2D eigenvalue weighted by Gasteiger charge is -2.21. The van der Waals surface area contributed by atoms with Crippen LogP contribution in [-0.4, -0.2) is 14.5 Å². The van der Waals surface area contributed by atoms with E-state index in [0.717, 1.165) is 11.2 Å². The van der Waals surface area contributed by atoms with E-state index in [1.54, 1.807) is 0 Å². The SMILES string of the molecule is c1cnc2c(c1)ncn2C1CCCCCCC1. The van der Waals surface area contributed by atoms with Gasteiger partial charge in [0.15, 0.2) is 5.65 Å². The normalized spacial score (nSPS) is 19.1. The second-order valence-electron chi connectivity index (χ2n) is 5.00. The molecule has 0 amide bonds. The van der Waals surface area contributed by atoms with Crippen LogP contribution in [0.2, 0.25) is 0 Å². The predicted octanol–water partition coefficient (Wildman–Crippen LogP) is 3.72. The molecule has 2 heterocycles. The highest BCUT2D eigenvalue weighted by Gasteiger charge is 2.15. The van der Waals surface area contributed by atoms with E-state index in [1.807, 2.05) is 24.7 Å². The molecule has 1 fully saturated rings. The molecule has 0 spiro atoms. The maximum Gasteiger partial charge on any atom is 0.160 e. The average molecular weight is 229 g/mol. The second kappa shape index (κ2) is 4.86. The third-order valence-electron chi connectivity index (χ3n) is 3.80. The summed E-state index contributed by atoms with van der Waals surface area (Å²) in [6.07, 6.45) is 13.3. The fourth-order valence-electron chi connectivity index (χ4n) is 2.85. The van der Waals surface area contributed by atoms with Gasteiger partial charge >= 0.3 is 0 Å². The zero-order valence-electron chi connectivity index (χ0n) is 10.2. The Hall–Kier alpha value is -1.38. The fraction of sp³-hybridized carbons (Fsp3) is 0.571. The standard InChI is InChI=1S/C14H19N3/c1-2-4-7-12(8-5-3-1)17-11-16-13-9-6-10-15-14(13)17/h6,9-12H,1-5,7-8H2. The number of hydrogen-bond acceptors (Lipinski definition) is 2. The number of pyridine rings is 1. The maximum atomic E-state index is 4.47. The van der Waals surface area contributed by atoms with Crippen molar-refractivity contribution in [3.05, 3.63) is 24.7 Å². The molecule has 90 valence electrons. The molecule has 0 aliphatic heterocycles. The predicted molar refractivity (Wildman–Crippen MR) is 68.9 cm³/mol. The van der Waals surface area contributed by atoms with E-state index in [-0.39, 0.29) is 0 Å². The van der Waals surface area contributed by atoms with Crippen LogP contribution in [0.5, 0.6) is 0 Å². The molecule has 0 N–H and O–H groups in total. The molecule has 0 aromatic carbocycles. The molecule has 2 aromatic heterocycles. The highest BCUT2D eigenvalue weighted by atomic mass is 15.1. The first-order valence-corrected chi connectivity index (χ1v) is 6.73. The molecule has 0 radical (unpaired) electrons. The molecular formula is C14H19N3. The first-order chi connectivity index (χ1) is 8.45. The fourth-order valence-corrected chi connectivity index (χ4v) is 2.85. The number of hydrogen-bond donors (Lipinski definition) is 0. The summed E-state index contributed by atoms with van der Waals surface area (Å²) in [5.41, 5.74) is 2.08. The Bertz CT molecular complexity index is 481. The Labute approximate surface area is 102 Å². The Balaban J connectivity index is 1.90. The summed E-state index contributed by atoms with van der Waals surface area (Å²) in [5, 5.41) is 0. The molecule has 3 rings (SSSR count). The number of nitrogens with zero attached hydrogens (tertiary/aromatic N) is 3. The Morgan fingerprint density at radius 3 is 2.59 bits per heavy atom. The Morgan fingerprint density at radius 1 is 1.00 bits per heavy atom. The summed E-state index contributed by atoms with van der Waals surface area (Å²) >= 11 is 0. The van der Waals surface area contributed by atoms with Gasteiger partial charge in [0.25, 0.3) is 0 Å². The van der Waals surface area contributed by atoms with E-state index < -0.39 is 0 Å². The minimum Gasteiger partial charge on any atom is -0.312 e. The second-order valence-corrected chi connectivity index (χ2v) is 5.00. The lowest BCUT2D eigenvalue weighted by molar-refractivity contribution is 0.377. The molecule has 3 nitrogen and oxygen atoms in total. The zero-order valence-corrected chi connectivity index (χ0v) is 10.2. The molecular weight excluding hydrogens is 210 g/mol. The molecule has 1 saturated carbocycles. The van der Waals surface area contributed by atoms with Crippen molar-refractivity contribution < 1.29 is 0 Å². The van der Waals surface area contributed by atoms with Crippen molar-refractivity contribution in [2.45, 2.75) is 51.0 Å². The van der Waals surface area contributed by atoms with Gasteiger partial charge in [0.05, 0.1) is 6.33 Å². The average Bonchev–Trinajstić information content (AvgIpc) is 2.73. The molecule has 0 atom stereocenters. The van der Waals surface area contributed by atoms with E-state index in [9.17, 15) is 0 Å². The first kappa shape index (κ1) is 10.8. The van der Waals surface area contributed by atoms with Crippen LogP contribution in [-0.2, 0) is 0 Å². The number of aromatic nitrogens is 3. The molecule has 0 saturated heterocycles. The number of imidazole rings is 1. The summed E-state index contributed by atoms with van der Waals surface area (Å²) < 4.78 is 2.29. The van der Waals surface area contributed by atoms with E-state index in [0.29, 0.717) is 6.04 Å². The van der Waals surface area contributed by atoms with E-state index in [4.69, 9.17) is 0 Å². The summed E-state index contributed by atoms with van der Waals surface area (Å²) in [7, 11) is 0. The van der Waals surface area contributed by atoms with Gasteiger partial charge in [-0.05, 0) is 25.0 Å². The van der Waals surface area contributed by atoms with Crippen LogP contribution in [0.4, 0.5) is 0 Å². The molecule has 2 aromatic rings. The van der Waals surface area contributed by atoms with Gasteiger partial charge < -0.3 is 4.57 Å². The highest BCUT2D eigenvalue weighted by Crippen LogP contribution is 2.28. The van der Waals surface area contributed by atoms with Gasteiger partial charge in [0, 0.05) is 12.2 Å². The van der Waals surface area contributed by atoms with Crippen LogP contribution in [0, 0.1) is 0 Å². The summed E-state index contributed by atoms with van der Waals surface area (Å²) in [6.45, 7) is 0. The van der Waals surface area contributed by atoms with Crippen LogP contribution in [0.1, 0.15) is 51.0 Å². The van der Waals surface area contributed by atoms with Crippen molar-refractivity contribution in [2.75, 3.05) is 0 Å². The monoisotopic (exact) mass is 229 g/mol. The molecule has 17 heavy (non-hydrogen) atoms. The van der Waals surface area contributed by atoms with Crippen LogP contribution in [0.15, 0.2) is 24.7 Å².